The lowest BCUT2D eigenvalue weighted by molar-refractivity contribution is -0.224. The number of nitrogens with two attached hydrogens (primary N) is 1. The number of alkyl halides is 1. The van der Waals surface area contributed by atoms with Crippen LogP contribution in [-0.4, -0.2) is 60.9 Å². The molecule has 4 rings (SSSR count). The molecule has 1 saturated heterocycles. The highest BCUT2D eigenvalue weighted by atomic mass is 19.1. The van der Waals surface area contributed by atoms with E-state index < -0.39 is 24.3 Å². The van der Waals surface area contributed by atoms with Crippen LogP contribution in [0.5, 0.6) is 0 Å². The topological polar surface area (TPSA) is 123 Å². The molecule has 0 radical (unpaired) electrons. The molecule has 2 aromatic heterocycles. The number of nitrogens with zero attached hydrogens (tertiary/aromatic N) is 5. The molecule has 1 aliphatic carbocycles. The van der Waals surface area contributed by atoms with Gasteiger partial charge in [0, 0.05) is 13.1 Å². The first kappa shape index (κ1) is 15.5. The van der Waals surface area contributed by atoms with Gasteiger partial charge in [-0.3, -0.25) is 4.57 Å². The predicted molar refractivity (Wildman–Crippen MR) is 82.8 cm³/mol. The predicted octanol–water partition coefficient (Wildman–Crippen LogP) is -0.0550. The van der Waals surface area contributed by atoms with Gasteiger partial charge in [-0.2, -0.15) is 9.97 Å². The van der Waals surface area contributed by atoms with Crippen LogP contribution in [0.15, 0.2) is 6.33 Å². The maximum atomic E-state index is 14.9. The zero-order valence-electron chi connectivity index (χ0n) is 13.3. The van der Waals surface area contributed by atoms with Gasteiger partial charge in [-0.1, -0.05) is 0 Å². The summed E-state index contributed by atoms with van der Waals surface area (Å²) in [6.07, 6.45) is 2.20. The number of aromatic nitrogens is 4. The molecule has 3 heterocycles. The molecule has 0 amide bonds. The number of imidazole rings is 1. The van der Waals surface area contributed by atoms with Gasteiger partial charge in [0.2, 0.25) is 17.4 Å². The fourth-order valence-electron chi connectivity index (χ4n) is 3.00. The van der Waals surface area contributed by atoms with E-state index >= 15 is 0 Å². The van der Waals surface area contributed by atoms with Crippen LogP contribution >= 0.6 is 0 Å². The maximum Gasteiger partial charge on any atom is 0.226 e. The average molecular weight is 338 g/mol. The van der Waals surface area contributed by atoms with Crippen LogP contribution in [0.2, 0.25) is 0 Å². The zero-order chi connectivity index (χ0) is 17.3. The SMILES string of the molecule is CN(c1nc(N)nc2c1ncn2C1OCC(O)(O)C1(C)F)C1CC1. The molecule has 24 heavy (non-hydrogen) atoms. The number of halogens is 1. The van der Waals surface area contributed by atoms with Gasteiger partial charge in [0.05, 0.1) is 6.33 Å². The van der Waals surface area contributed by atoms with Crippen LogP contribution in [-0.2, 0) is 4.74 Å². The second-order valence-corrected chi connectivity index (χ2v) is 6.63. The quantitative estimate of drug-likeness (QED) is 0.666. The molecule has 0 aromatic carbocycles. The Hall–Kier alpha value is -2.04. The second kappa shape index (κ2) is 4.74. The number of nitrogen functional groups attached to an aromatic ring is 1. The van der Waals surface area contributed by atoms with E-state index in [0.29, 0.717) is 17.4 Å². The number of hydrogen-bond acceptors (Lipinski definition) is 8. The van der Waals surface area contributed by atoms with Gasteiger partial charge in [-0.15, -0.1) is 0 Å². The van der Waals surface area contributed by atoms with E-state index in [1.165, 1.54) is 10.9 Å². The lowest BCUT2D eigenvalue weighted by Gasteiger charge is -2.29. The molecule has 10 heteroatoms. The van der Waals surface area contributed by atoms with Crippen molar-refractivity contribution in [2.24, 2.45) is 0 Å². The standard InChI is InChI=1S/C14H19FN6O3/c1-13(15)11(24-5-14(13,22)23)21-6-17-8-9(20(2)7-3-4-7)18-12(16)19-10(8)21/h6-7,11,22-23H,3-5H2,1-2H3,(H2,16,18,19). The van der Waals surface area contributed by atoms with Gasteiger partial charge >= 0.3 is 0 Å². The molecule has 0 spiro atoms. The van der Waals surface area contributed by atoms with Crippen molar-refractivity contribution in [2.45, 2.75) is 43.5 Å². The molecular weight excluding hydrogens is 319 g/mol. The highest BCUT2D eigenvalue weighted by molar-refractivity contribution is 5.85. The number of aliphatic hydroxyl groups is 2. The molecule has 4 N–H and O–H groups in total. The van der Waals surface area contributed by atoms with E-state index in [1.807, 2.05) is 11.9 Å². The van der Waals surface area contributed by atoms with Crippen molar-refractivity contribution in [3.63, 3.8) is 0 Å². The van der Waals surface area contributed by atoms with Crippen LogP contribution in [0.25, 0.3) is 11.2 Å². The van der Waals surface area contributed by atoms with Gasteiger partial charge < -0.3 is 25.6 Å². The van der Waals surface area contributed by atoms with E-state index in [2.05, 4.69) is 15.0 Å². The monoisotopic (exact) mass is 338 g/mol. The Bertz CT molecular complexity index is 803. The summed E-state index contributed by atoms with van der Waals surface area (Å²) in [6, 6.07) is 0.379. The third-order valence-corrected chi connectivity index (χ3v) is 4.79. The van der Waals surface area contributed by atoms with Gasteiger partial charge in [0.25, 0.3) is 0 Å². The molecule has 130 valence electrons. The molecular formula is C14H19FN6O3. The van der Waals surface area contributed by atoms with Gasteiger partial charge in [0.15, 0.2) is 23.2 Å². The lowest BCUT2D eigenvalue weighted by Crippen LogP contribution is -2.49. The minimum Gasteiger partial charge on any atom is -0.368 e. The van der Waals surface area contributed by atoms with Gasteiger partial charge in [-0.05, 0) is 19.8 Å². The van der Waals surface area contributed by atoms with Crippen LogP contribution < -0.4 is 10.6 Å². The van der Waals surface area contributed by atoms with E-state index in [1.54, 1.807) is 0 Å². The van der Waals surface area contributed by atoms with E-state index in [4.69, 9.17) is 10.5 Å². The van der Waals surface area contributed by atoms with E-state index in [-0.39, 0.29) is 11.6 Å². The minimum atomic E-state index is -2.60. The molecule has 2 aliphatic rings. The first-order chi connectivity index (χ1) is 11.2. The molecule has 9 nitrogen and oxygen atoms in total. The molecule has 2 unspecified atom stereocenters. The van der Waals surface area contributed by atoms with Crippen molar-refractivity contribution in [3.8, 4) is 0 Å². The molecule has 2 fully saturated rings. The second-order valence-electron chi connectivity index (χ2n) is 6.63. The van der Waals surface area contributed by atoms with Gasteiger partial charge in [-0.25, -0.2) is 9.37 Å². The summed E-state index contributed by atoms with van der Waals surface area (Å²) in [6.45, 7) is 0.512. The number of hydrogen-bond donors (Lipinski definition) is 3. The summed E-state index contributed by atoms with van der Waals surface area (Å²) >= 11 is 0. The Balaban J connectivity index is 1.84. The zero-order valence-corrected chi connectivity index (χ0v) is 13.3. The van der Waals surface area contributed by atoms with Crippen LogP contribution in [0.1, 0.15) is 26.0 Å². The van der Waals surface area contributed by atoms with Crippen molar-refractivity contribution in [3.05, 3.63) is 6.33 Å². The Labute approximate surface area is 136 Å². The normalized spacial score (nSPS) is 29.3. The van der Waals surface area contributed by atoms with Crippen LogP contribution in [0, 0.1) is 0 Å². The van der Waals surface area contributed by atoms with Crippen LogP contribution in [0.4, 0.5) is 16.2 Å². The summed E-state index contributed by atoms with van der Waals surface area (Å²) in [5, 5.41) is 19.6. The van der Waals surface area contributed by atoms with Crippen molar-refractivity contribution in [1.82, 2.24) is 19.5 Å². The summed E-state index contributed by atoms with van der Waals surface area (Å²) in [4.78, 5) is 14.7. The Morgan fingerprint density at radius 2 is 2.12 bits per heavy atom. The van der Waals surface area contributed by atoms with Gasteiger partial charge in [0.1, 0.15) is 6.61 Å². The largest absolute Gasteiger partial charge is 0.368 e. The summed E-state index contributed by atoms with van der Waals surface area (Å²) in [7, 11) is 1.90. The maximum absolute atomic E-state index is 14.9. The minimum absolute atomic E-state index is 0.0320. The molecule has 0 bridgehead atoms. The van der Waals surface area contributed by atoms with Crippen molar-refractivity contribution in [1.29, 1.82) is 0 Å². The highest BCUT2D eigenvalue weighted by Gasteiger charge is 2.60. The van der Waals surface area contributed by atoms with Crippen molar-refractivity contribution in [2.75, 3.05) is 24.3 Å². The number of fused-ring (bicyclic) bond motifs is 1. The van der Waals surface area contributed by atoms with Crippen molar-refractivity contribution >= 4 is 22.9 Å². The first-order valence-electron chi connectivity index (χ1n) is 7.70. The number of ether oxygens (including phenoxy) is 1. The Kier molecular flexibility index (Phi) is 3.06. The van der Waals surface area contributed by atoms with E-state index in [9.17, 15) is 14.6 Å². The average Bonchev–Trinajstić information content (AvgIpc) is 3.23. The summed E-state index contributed by atoms with van der Waals surface area (Å²) < 4.78 is 21.5. The Morgan fingerprint density at radius 1 is 1.42 bits per heavy atom. The molecule has 1 saturated carbocycles. The van der Waals surface area contributed by atoms with Crippen LogP contribution in [0.3, 0.4) is 0 Å². The molecule has 2 atom stereocenters. The third kappa shape index (κ3) is 2.06. The van der Waals surface area contributed by atoms with E-state index in [0.717, 1.165) is 19.8 Å². The number of anilines is 2. The molecule has 1 aliphatic heterocycles. The fourth-order valence-corrected chi connectivity index (χ4v) is 3.00. The van der Waals surface area contributed by atoms with Crippen molar-refractivity contribution < 1.29 is 19.3 Å². The highest BCUT2D eigenvalue weighted by Crippen LogP contribution is 2.44. The Morgan fingerprint density at radius 3 is 2.71 bits per heavy atom. The lowest BCUT2D eigenvalue weighted by atomic mass is 9.99. The summed E-state index contributed by atoms with van der Waals surface area (Å²) in [5.41, 5.74) is 4.12. The fraction of sp³-hybridized carbons (Fsp3) is 0.643. The summed E-state index contributed by atoms with van der Waals surface area (Å²) in [5.74, 6) is -2.00. The smallest absolute Gasteiger partial charge is 0.226 e. The first-order valence-corrected chi connectivity index (χ1v) is 7.70. The third-order valence-electron chi connectivity index (χ3n) is 4.79. The number of rotatable bonds is 3. The molecule has 2 aromatic rings.